The van der Waals surface area contributed by atoms with Gasteiger partial charge in [0.05, 0.1) is 12.4 Å². The van der Waals surface area contributed by atoms with Gasteiger partial charge in [0.25, 0.3) is 5.91 Å². The lowest BCUT2D eigenvalue weighted by Gasteiger charge is -2.25. The predicted octanol–water partition coefficient (Wildman–Crippen LogP) is 0.530. The Morgan fingerprint density at radius 2 is 2.00 bits per heavy atom. The van der Waals surface area contributed by atoms with Gasteiger partial charge in [0, 0.05) is 5.56 Å². The van der Waals surface area contributed by atoms with E-state index in [2.05, 4.69) is 10.3 Å². The highest BCUT2D eigenvalue weighted by Gasteiger charge is 2.28. The van der Waals surface area contributed by atoms with Crippen LogP contribution in [0, 0.1) is 0 Å². The van der Waals surface area contributed by atoms with Crippen LogP contribution in [0.1, 0.15) is 17.3 Å². The fourth-order valence-electron chi connectivity index (χ4n) is 1.58. The van der Waals surface area contributed by atoms with Crippen LogP contribution in [0.25, 0.3) is 0 Å². The van der Waals surface area contributed by atoms with Crippen molar-refractivity contribution in [2.24, 2.45) is 0 Å². The summed E-state index contributed by atoms with van der Waals surface area (Å²) in [5, 5.41) is 17.4. The third-order valence-electron chi connectivity index (χ3n) is 2.58. The van der Waals surface area contributed by atoms with E-state index in [1.165, 1.54) is 19.3 Å². The van der Waals surface area contributed by atoms with Gasteiger partial charge in [0.2, 0.25) is 0 Å². The highest BCUT2D eigenvalue weighted by molar-refractivity contribution is 6.04. The van der Waals surface area contributed by atoms with Crippen LogP contribution in [0.15, 0.2) is 42.7 Å². The molecular weight excluding hydrogens is 248 g/mol. The molecule has 0 aliphatic carbocycles. The van der Waals surface area contributed by atoms with Gasteiger partial charge in [-0.2, -0.15) is 4.79 Å². The van der Waals surface area contributed by atoms with Crippen LogP contribution < -0.4 is 5.01 Å². The predicted molar refractivity (Wildman–Crippen MR) is 66.1 cm³/mol. The van der Waals surface area contributed by atoms with Crippen molar-refractivity contribution in [2.75, 3.05) is 5.01 Å². The highest BCUT2D eigenvalue weighted by Crippen LogP contribution is 2.07. The lowest BCUT2D eigenvalue weighted by atomic mass is 10.2. The van der Waals surface area contributed by atoms with E-state index >= 15 is 0 Å². The van der Waals surface area contributed by atoms with Crippen LogP contribution in [0.4, 0.5) is 0 Å². The Labute approximate surface area is 109 Å². The first kappa shape index (κ1) is 12.7. The van der Waals surface area contributed by atoms with Gasteiger partial charge in [-0.15, -0.1) is 5.10 Å². The Hall–Kier alpha value is -2.70. The van der Waals surface area contributed by atoms with E-state index in [0.29, 0.717) is 5.56 Å². The molecule has 0 bridgehead atoms. The zero-order valence-electron chi connectivity index (χ0n) is 10.2. The molecule has 2 aromatic rings. The molecule has 0 saturated heterocycles. The Bertz CT molecular complexity index is 568. The Morgan fingerprint density at radius 1 is 1.32 bits per heavy atom. The summed E-state index contributed by atoms with van der Waals surface area (Å²) in [5.74, 6) is -1.58. The topological polar surface area (TPSA) is 88.3 Å². The first-order valence-corrected chi connectivity index (χ1v) is 5.59. The van der Waals surface area contributed by atoms with Gasteiger partial charge in [0.1, 0.15) is 0 Å². The number of carbonyl (C=O) groups excluding carboxylic acids is 1. The second-order valence-corrected chi connectivity index (χ2v) is 3.85. The van der Waals surface area contributed by atoms with Gasteiger partial charge >= 0.3 is 5.97 Å². The van der Waals surface area contributed by atoms with Crippen molar-refractivity contribution in [1.82, 2.24) is 15.1 Å². The monoisotopic (exact) mass is 260 g/mol. The van der Waals surface area contributed by atoms with E-state index < -0.39 is 17.9 Å². The summed E-state index contributed by atoms with van der Waals surface area (Å²) in [5.41, 5.74) is 0.381. The van der Waals surface area contributed by atoms with Gasteiger partial charge in [-0.1, -0.05) is 18.2 Å². The number of rotatable bonds is 4. The molecular formula is C12H12N4O3. The maximum absolute atomic E-state index is 12.4. The third kappa shape index (κ3) is 2.59. The third-order valence-corrected chi connectivity index (χ3v) is 2.58. The first-order chi connectivity index (χ1) is 9.11. The molecule has 1 atom stereocenters. The highest BCUT2D eigenvalue weighted by atomic mass is 16.4. The first-order valence-electron chi connectivity index (χ1n) is 5.59. The quantitative estimate of drug-likeness (QED) is 0.866. The summed E-state index contributed by atoms with van der Waals surface area (Å²) in [6.45, 7) is 1.41. The molecule has 1 heterocycles. The molecule has 2 rings (SSSR count). The van der Waals surface area contributed by atoms with Crippen molar-refractivity contribution in [2.45, 2.75) is 13.0 Å². The Morgan fingerprint density at radius 3 is 2.53 bits per heavy atom. The van der Waals surface area contributed by atoms with Crippen LogP contribution in [0.5, 0.6) is 0 Å². The number of benzene rings is 1. The summed E-state index contributed by atoms with van der Waals surface area (Å²) in [4.78, 5) is 24.6. The van der Waals surface area contributed by atoms with Crippen molar-refractivity contribution in [3.05, 3.63) is 48.3 Å². The number of amides is 1. The van der Waals surface area contributed by atoms with Crippen LogP contribution in [-0.4, -0.2) is 38.1 Å². The Kier molecular flexibility index (Phi) is 3.56. The number of aromatic nitrogens is 3. The molecule has 0 saturated carbocycles. The molecule has 0 aliphatic heterocycles. The number of hydrogen-bond acceptors (Lipinski definition) is 4. The van der Waals surface area contributed by atoms with Crippen LogP contribution >= 0.6 is 0 Å². The van der Waals surface area contributed by atoms with Gasteiger partial charge in [0.15, 0.2) is 6.04 Å². The second kappa shape index (κ2) is 5.30. The molecule has 1 aromatic carbocycles. The molecule has 0 radical (unpaired) electrons. The molecule has 7 nitrogen and oxygen atoms in total. The van der Waals surface area contributed by atoms with Gasteiger partial charge in [-0.25, -0.2) is 9.80 Å². The lowest BCUT2D eigenvalue weighted by Crippen LogP contribution is -2.50. The van der Waals surface area contributed by atoms with E-state index in [-0.39, 0.29) is 0 Å². The number of carbonyl (C=O) groups is 2. The number of carboxylic acids is 1. The van der Waals surface area contributed by atoms with Crippen molar-refractivity contribution in [3.8, 4) is 0 Å². The molecule has 19 heavy (non-hydrogen) atoms. The van der Waals surface area contributed by atoms with Crippen molar-refractivity contribution < 1.29 is 14.7 Å². The van der Waals surface area contributed by atoms with Gasteiger partial charge < -0.3 is 5.11 Å². The number of nitrogens with zero attached hydrogens (tertiary/aromatic N) is 4. The van der Waals surface area contributed by atoms with Gasteiger partial charge in [-0.3, -0.25) is 4.79 Å². The van der Waals surface area contributed by atoms with E-state index in [9.17, 15) is 9.59 Å². The molecule has 0 unspecified atom stereocenters. The van der Waals surface area contributed by atoms with Crippen LogP contribution in [0.2, 0.25) is 0 Å². The standard InChI is InChI=1S/C12H12N4O3/c1-9(12(18)19)16(15-8-7-13-14-15)11(17)10-5-3-2-4-6-10/h2-9H,1H3,(H,18,19)/t9-/m0/s1. The molecule has 1 aromatic heterocycles. The van der Waals surface area contributed by atoms with Crippen LogP contribution in [0.3, 0.4) is 0 Å². The number of aliphatic carboxylic acids is 1. The van der Waals surface area contributed by atoms with E-state index in [0.717, 1.165) is 9.80 Å². The number of carboxylic acid groups (broad SMARTS) is 1. The zero-order valence-corrected chi connectivity index (χ0v) is 10.2. The molecule has 98 valence electrons. The fourth-order valence-corrected chi connectivity index (χ4v) is 1.58. The summed E-state index contributed by atoms with van der Waals surface area (Å²) in [6.07, 6.45) is 2.79. The zero-order chi connectivity index (χ0) is 13.8. The molecule has 1 amide bonds. The summed E-state index contributed by atoms with van der Waals surface area (Å²) >= 11 is 0. The van der Waals surface area contributed by atoms with E-state index in [1.807, 2.05) is 0 Å². The average Bonchev–Trinajstić information content (AvgIpc) is 2.93. The average molecular weight is 260 g/mol. The minimum atomic E-state index is -1.13. The lowest BCUT2D eigenvalue weighted by molar-refractivity contribution is -0.138. The maximum Gasteiger partial charge on any atom is 0.328 e. The van der Waals surface area contributed by atoms with Crippen LogP contribution in [-0.2, 0) is 4.79 Å². The smallest absolute Gasteiger partial charge is 0.328 e. The normalized spacial score (nSPS) is 11.8. The molecule has 1 N–H and O–H groups in total. The summed E-state index contributed by atoms with van der Waals surface area (Å²) in [6, 6.07) is 7.35. The minimum absolute atomic E-state index is 0.381. The van der Waals surface area contributed by atoms with Crippen molar-refractivity contribution in [3.63, 3.8) is 0 Å². The van der Waals surface area contributed by atoms with E-state index in [1.54, 1.807) is 30.3 Å². The Balaban J connectivity index is 2.39. The van der Waals surface area contributed by atoms with Crippen molar-refractivity contribution in [1.29, 1.82) is 0 Å². The summed E-state index contributed by atoms with van der Waals surface area (Å²) < 4.78 is 0. The summed E-state index contributed by atoms with van der Waals surface area (Å²) in [7, 11) is 0. The fraction of sp³-hybridized carbons (Fsp3) is 0.167. The number of hydrogen-bond donors (Lipinski definition) is 1. The second-order valence-electron chi connectivity index (χ2n) is 3.85. The van der Waals surface area contributed by atoms with E-state index in [4.69, 9.17) is 5.11 Å². The molecule has 0 spiro atoms. The van der Waals surface area contributed by atoms with Crippen molar-refractivity contribution >= 4 is 11.9 Å². The SMILES string of the molecule is C[C@@H](C(=O)O)N(C(=O)c1ccccc1)n1ccnn1. The molecule has 7 heteroatoms. The maximum atomic E-state index is 12.4. The minimum Gasteiger partial charge on any atom is -0.480 e. The molecule has 0 fully saturated rings. The van der Waals surface area contributed by atoms with Gasteiger partial charge in [-0.05, 0) is 24.3 Å². The molecule has 0 aliphatic rings. The largest absolute Gasteiger partial charge is 0.480 e.